The summed E-state index contributed by atoms with van der Waals surface area (Å²) in [6.45, 7) is 0.440. The molecule has 140 valence electrons. The molecule has 27 heavy (non-hydrogen) atoms. The first-order valence-corrected chi connectivity index (χ1v) is 10.4. The highest BCUT2D eigenvalue weighted by molar-refractivity contribution is 7.99. The van der Waals surface area contributed by atoms with Crippen molar-refractivity contribution in [2.45, 2.75) is 16.6 Å². The Hall–Kier alpha value is -2.39. The number of benzene rings is 1. The summed E-state index contributed by atoms with van der Waals surface area (Å²) >= 11 is 2.85. The van der Waals surface area contributed by atoms with E-state index in [1.54, 1.807) is 18.3 Å². The number of carbonyl (C=O) groups excluding carboxylic acids is 1. The summed E-state index contributed by atoms with van der Waals surface area (Å²) in [5.74, 6) is 0.654. The highest BCUT2D eigenvalue weighted by Crippen LogP contribution is 2.20. The molecule has 0 spiro atoms. The van der Waals surface area contributed by atoms with E-state index in [9.17, 15) is 9.18 Å². The van der Waals surface area contributed by atoms with Crippen molar-refractivity contribution in [3.05, 3.63) is 60.3 Å². The van der Waals surface area contributed by atoms with Crippen LogP contribution in [0.5, 0.6) is 0 Å². The van der Waals surface area contributed by atoms with Crippen molar-refractivity contribution in [1.82, 2.24) is 25.1 Å². The van der Waals surface area contributed by atoms with Gasteiger partial charge in [-0.25, -0.2) is 9.37 Å². The van der Waals surface area contributed by atoms with Crippen LogP contribution in [0.1, 0.15) is 5.82 Å². The molecule has 1 amide bonds. The lowest BCUT2D eigenvalue weighted by atomic mass is 10.3. The molecule has 0 aliphatic rings. The molecular formula is C18H18FN5OS2. The predicted molar refractivity (Wildman–Crippen MR) is 105 cm³/mol. The van der Waals surface area contributed by atoms with Gasteiger partial charge in [0.05, 0.1) is 10.8 Å². The number of halogens is 1. The lowest BCUT2D eigenvalue weighted by Gasteiger charge is -2.10. The van der Waals surface area contributed by atoms with Crippen molar-refractivity contribution >= 4 is 29.4 Å². The van der Waals surface area contributed by atoms with Crippen LogP contribution in [0.3, 0.4) is 0 Å². The molecule has 3 aromatic rings. The number of aromatic nitrogens is 4. The number of nitrogens with one attached hydrogen (secondary N) is 1. The van der Waals surface area contributed by atoms with Gasteiger partial charge in [-0.15, -0.1) is 10.2 Å². The van der Waals surface area contributed by atoms with Crippen LogP contribution in [0, 0.1) is 5.82 Å². The van der Waals surface area contributed by atoms with E-state index < -0.39 is 0 Å². The van der Waals surface area contributed by atoms with E-state index in [-0.39, 0.29) is 11.7 Å². The smallest absolute Gasteiger partial charge is 0.230 e. The molecule has 2 aromatic heterocycles. The number of nitrogens with zero attached hydrogens (tertiary/aromatic N) is 4. The fourth-order valence-electron chi connectivity index (χ4n) is 2.38. The van der Waals surface area contributed by atoms with Crippen molar-refractivity contribution in [1.29, 1.82) is 0 Å². The second-order valence-electron chi connectivity index (χ2n) is 5.47. The second-order valence-corrected chi connectivity index (χ2v) is 7.24. The average Bonchev–Trinajstić information content (AvgIpc) is 3.11. The Morgan fingerprint density at radius 2 is 2.00 bits per heavy atom. The van der Waals surface area contributed by atoms with Crippen molar-refractivity contribution in [2.75, 3.05) is 18.6 Å². The SMILES string of the molecule is CSc1nnc(CCNC(=O)CSc2ccccn2)n1-c1ccc(F)cc1. The number of carbonyl (C=O) groups is 1. The van der Waals surface area contributed by atoms with Gasteiger partial charge in [-0.3, -0.25) is 9.36 Å². The molecule has 0 saturated carbocycles. The zero-order valence-corrected chi connectivity index (χ0v) is 16.3. The Bertz CT molecular complexity index is 887. The summed E-state index contributed by atoms with van der Waals surface area (Å²) in [7, 11) is 0. The lowest BCUT2D eigenvalue weighted by molar-refractivity contribution is -0.118. The van der Waals surface area contributed by atoms with E-state index in [2.05, 4.69) is 20.5 Å². The highest BCUT2D eigenvalue weighted by atomic mass is 32.2. The second kappa shape index (κ2) is 9.52. The molecule has 0 bridgehead atoms. The monoisotopic (exact) mass is 403 g/mol. The topological polar surface area (TPSA) is 72.7 Å². The van der Waals surface area contributed by atoms with Crippen LogP contribution in [0.15, 0.2) is 58.8 Å². The molecule has 9 heteroatoms. The van der Waals surface area contributed by atoms with E-state index >= 15 is 0 Å². The van der Waals surface area contributed by atoms with Gasteiger partial charge in [0.15, 0.2) is 5.16 Å². The van der Waals surface area contributed by atoms with Crippen LogP contribution in [0.2, 0.25) is 0 Å². The van der Waals surface area contributed by atoms with Crippen LogP contribution in [0.25, 0.3) is 5.69 Å². The maximum absolute atomic E-state index is 13.2. The van der Waals surface area contributed by atoms with Gasteiger partial charge in [-0.2, -0.15) is 0 Å². The zero-order valence-electron chi connectivity index (χ0n) is 14.6. The minimum Gasteiger partial charge on any atom is -0.355 e. The zero-order chi connectivity index (χ0) is 19.1. The van der Waals surface area contributed by atoms with E-state index in [0.717, 1.165) is 10.7 Å². The molecule has 0 fully saturated rings. The molecule has 1 aromatic carbocycles. The molecule has 0 unspecified atom stereocenters. The largest absolute Gasteiger partial charge is 0.355 e. The number of pyridine rings is 1. The van der Waals surface area contributed by atoms with E-state index in [0.29, 0.717) is 29.7 Å². The van der Waals surface area contributed by atoms with Crippen LogP contribution in [0.4, 0.5) is 4.39 Å². The van der Waals surface area contributed by atoms with Gasteiger partial charge in [0, 0.05) is 24.8 Å². The van der Waals surface area contributed by atoms with E-state index in [1.807, 2.05) is 29.0 Å². The number of amides is 1. The van der Waals surface area contributed by atoms with Gasteiger partial charge in [0.1, 0.15) is 11.6 Å². The molecule has 0 aliphatic carbocycles. The molecule has 2 heterocycles. The number of hydrogen-bond acceptors (Lipinski definition) is 6. The van der Waals surface area contributed by atoms with Gasteiger partial charge in [0.2, 0.25) is 5.91 Å². The van der Waals surface area contributed by atoms with Crippen LogP contribution in [-0.2, 0) is 11.2 Å². The van der Waals surface area contributed by atoms with Crippen molar-refractivity contribution in [2.24, 2.45) is 0 Å². The van der Waals surface area contributed by atoms with Gasteiger partial charge >= 0.3 is 0 Å². The Morgan fingerprint density at radius 3 is 2.70 bits per heavy atom. The minimum absolute atomic E-state index is 0.0661. The fraction of sp³-hybridized carbons (Fsp3) is 0.222. The molecule has 0 atom stereocenters. The number of thioether (sulfide) groups is 2. The molecule has 0 saturated heterocycles. The molecule has 1 N–H and O–H groups in total. The molecule has 6 nitrogen and oxygen atoms in total. The standard InChI is InChI=1S/C18H18FN5OS2/c1-26-18-23-22-15(24(18)14-7-5-13(19)6-8-14)9-11-20-16(25)12-27-17-4-2-3-10-21-17/h2-8,10H,9,11-12H2,1H3,(H,20,25). The number of hydrogen-bond donors (Lipinski definition) is 1. The molecule has 0 aliphatic heterocycles. The summed E-state index contributed by atoms with van der Waals surface area (Å²) in [4.78, 5) is 16.2. The third-order valence-corrected chi connectivity index (χ3v) is 5.20. The summed E-state index contributed by atoms with van der Waals surface area (Å²) in [6.07, 6.45) is 4.13. The third-order valence-electron chi connectivity index (χ3n) is 3.63. The fourth-order valence-corrected chi connectivity index (χ4v) is 3.59. The number of rotatable bonds is 8. The predicted octanol–water partition coefficient (Wildman–Crippen LogP) is 2.97. The summed E-state index contributed by atoms with van der Waals surface area (Å²) in [5.41, 5.74) is 0.790. The third kappa shape index (κ3) is 5.30. The first kappa shape index (κ1) is 19.4. The minimum atomic E-state index is -0.295. The lowest BCUT2D eigenvalue weighted by Crippen LogP contribution is -2.28. The summed E-state index contributed by atoms with van der Waals surface area (Å²) < 4.78 is 15.1. The van der Waals surface area contributed by atoms with Crippen LogP contribution < -0.4 is 5.32 Å². The maximum atomic E-state index is 13.2. The maximum Gasteiger partial charge on any atom is 0.230 e. The van der Waals surface area contributed by atoms with E-state index in [4.69, 9.17) is 0 Å². The summed E-state index contributed by atoms with van der Waals surface area (Å²) in [6, 6.07) is 11.8. The Balaban J connectivity index is 1.57. The van der Waals surface area contributed by atoms with Crippen molar-refractivity contribution < 1.29 is 9.18 Å². The van der Waals surface area contributed by atoms with Gasteiger partial charge in [-0.05, 0) is 42.7 Å². The van der Waals surface area contributed by atoms with Crippen molar-refractivity contribution in [3.63, 3.8) is 0 Å². The van der Waals surface area contributed by atoms with Crippen LogP contribution in [-0.4, -0.2) is 44.2 Å². The quantitative estimate of drug-likeness (QED) is 0.583. The Morgan fingerprint density at radius 1 is 1.19 bits per heavy atom. The average molecular weight is 404 g/mol. The first-order valence-electron chi connectivity index (χ1n) is 8.22. The first-order chi connectivity index (χ1) is 13.2. The Kier molecular flexibility index (Phi) is 6.83. The normalized spacial score (nSPS) is 10.7. The highest BCUT2D eigenvalue weighted by Gasteiger charge is 2.13. The van der Waals surface area contributed by atoms with Gasteiger partial charge < -0.3 is 5.32 Å². The van der Waals surface area contributed by atoms with Gasteiger partial charge in [0.25, 0.3) is 0 Å². The van der Waals surface area contributed by atoms with Crippen molar-refractivity contribution in [3.8, 4) is 5.69 Å². The Labute approximate surface area is 165 Å². The molecule has 0 radical (unpaired) electrons. The van der Waals surface area contributed by atoms with Gasteiger partial charge in [-0.1, -0.05) is 29.6 Å². The van der Waals surface area contributed by atoms with E-state index in [1.165, 1.54) is 35.7 Å². The molecular weight excluding hydrogens is 385 g/mol. The van der Waals surface area contributed by atoms with Crippen LogP contribution >= 0.6 is 23.5 Å². The summed E-state index contributed by atoms with van der Waals surface area (Å²) in [5, 5.41) is 12.8. The molecule has 3 rings (SSSR count).